The van der Waals surface area contributed by atoms with Gasteiger partial charge in [0, 0.05) is 6.26 Å². The standard InChI is InChI=1S/C19H16ClF3N2O3S/c1-10-19(29(2,26)27)25-18(24-10)17(12-4-6-14(21)13(20)8-12)28-9-11-3-5-15(22)16(23)7-11/h3-8,17H,9H2,1-2H3,(H,24,25). The molecule has 0 amide bonds. The first-order valence-electron chi connectivity index (χ1n) is 8.33. The molecule has 0 spiro atoms. The molecule has 2 aromatic carbocycles. The number of hydrogen-bond acceptors (Lipinski definition) is 4. The van der Waals surface area contributed by atoms with E-state index in [-0.39, 0.29) is 22.5 Å². The highest BCUT2D eigenvalue weighted by Crippen LogP contribution is 2.30. The zero-order chi connectivity index (χ0) is 21.3. The van der Waals surface area contributed by atoms with E-state index in [0.29, 0.717) is 16.8 Å². The van der Waals surface area contributed by atoms with E-state index in [1.165, 1.54) is 25.1 Å². The topological polar surface area (TPSA) is 72.0 Å². The molecule has 1 atom stereocenters. The number of nitrogens with zero attached hydrogens (tertiary/aromatic N) is 1. The van der Waals surface area contributed by atoms with E-state index in [1.54, 1.807) is 0 Å². The van der Waals surface area contributed by atoms with Crippen molar-refractivity contribution < 1.29 is 26.3 Å². The van der Waals surface area contributed by atoms with Crippen molar-refractivity contribution in [3.8, 4) is 0 Å². The second kappa shape index (κ2) is 8.17. The fourth-order valence-corrected chi connectivity index (χ4v) is 3.83. The molecule has 5 nitrogen and oxygen atoms in total. The molecular weight excluding hydrogens is 429 g/mol. The van der Waals surface area contributed by atoms with Gasteiger partial charge in [-0.3, -0.25) is 0 Å². The third-order valence-electron chi connectivity index (χ3n) is 4.11. The maximum absolute atomic E-state index is 13.6. The number of benzene rings is 2. The summed E-state index contributed by atoms with van der Waals surface area (Å²) in [6.07, 6.45) is 0.0571. The number of H-pyrrole nitrogens is 1. The zero-order valence-corrected chi connectivity index (χ0v) is 16.9. The number of imidazole rings is 1. The van der Waals surface area contributed by atoms with Gasteiger partial charge in [0.2, 0.25) is 0 Å². The number of rotatable bonds is 6. The van der Waals surface area contributed by atoms with Crippen molar-refractivity contribution in [2.24, 2.45) is 0 Å². The minimum atomic E-state index is -3.60. The van der Waals surface area contributed by atoms with Gasteiger partial charge in [-0.15, -0.1) is 0 Å². The molecule has 29 heavy (non-hydrogen) atoms. The highest BCUT2D eigenvalue weighted by atomic mass is 35.5. The Morgan fingerprint density at radius 2 is 1.79 bits per heavy atom. The molecule has 0 radical (unpaired) electrons. The lowest BCUT2D eigenvalue weighted by atomic mass is 10.1. The molecule has 3 rings (SSSR count). The number of sulfone groups is 1. The summed E-state index contributed by atoms with van der Waals surface area (Å²) in [5, 5.41) is -0.308. The molecule has 0 aliphatic rings. The second-order valence-corrected chi connectivity index (χ2v) is 8.78. The molecule has 1 heterocycles. The number of nitrogens with one attached hydrogen (secondary N) is 1. The smallest absolute Gasteiger partial charge is 0.194 e. The Bertz CT molecular complexity index is 1170. The van der Waals surface area contributed by atoms with Crippen LogP contribution >= 0.6 is 11.6 Å². The van der Waals surface area contributed by atoms with E-state index >= 15 is 0 Å². The van der Waals surface area contributed by atoms with E-state index < -0.39 is 33.4 Å². The summed E-state index contributed by atoms with van der Waals surface area (Å²) in [6, 6.07) is 7.18. The molecular formula is C19H16ClF3N2O3S. The second-order valence-electron chi connectivity index (χ2n) is 6.44. The Labute approximate surface area is 170 Å². The van der Waals surface area contributed by atoms with Crippen LogP contribution < -0.4 is 0 Å². The van der Waals surface area contributed by atoms with Crippen LogP contribution in [0.5, 0.6) is 0 Å². The van der Waals surface area contributed by atoms with Gasteiger partial charge in [0.25, 0.3) is 0 Å². The van der Waals surface area contributed by atoms with E-state index in [1.807, 2.05) is 0 Å². The molecule has 10 heteroatoms. The molecule has 154 valence electrons. The molecule has 1 unspecified atom stereocenters. The van der Waals surface area contributed by atoms with Crippen molar-refractivity contribution in [1.29, 1.82) is 0 Å². The predicted molar refractivity (Wildman–Crippen MR) is 101 cm³/mol. The van der Waals surface area contributed by atoms with E-state index in [2.05, 4.69) is 9.97 Å². The van der Waals surface area contributed by atoms with Gasteiger partial charge in [-0.05, 0) is 42.3 Å². The van der Waals surface area contributed by atoms with Crippen molar-refractivity contribution in [3.63, 3.8) is 0 Å². The van der Waals surface area contributed by atoms with Crippen LogP contribution in [0, 0.1) is 24.4 Å². The summed E-state index contributed by atoms with van der Waals surface area (Å²) in [4.78, 5) is 6.97. The first-order chi connectivity index (χ1) is 13.6. The van der Waals surface area contributed by atoms with Crippen molar-refractivity contribution in [2.75, 3.05) is 6.26 Å². The van der Waals surface area contributed by atoms with E-state index in [9.17, 15) is 21.6 Å². The molecule has 1 N–H and O–H groups in total. The minimum absolute atomic E-state index is 0.146. The van der Waals surface area contributed by atoms with Gasteiger partial charge in [-0.2, -0.15) is 0 Å². The van der Waals surface area contributed by atoms with Gasteiger partial charge in [-0.1, -0.05) is 23.7 Å². The summed E-state index contributed by atoms with van der Waals surface area (Å²) in [7, 11) is -3.60. The van der Waals surface area contributed by atoms with Crippen molar-refractivity contribution in [1.82, 2.24) is 9.97 Å². The normalized spacial score (nSPS) is 12.9. The van der Waals surface area contributed by atoms with Crippen LogP contribution in [0.15, 0.2) is 41.4 Å². The quantitative estimate of drug-likeness (QED) is 0.607. The minimum Gasteiger partial charge on any atom is -0.361 e. The Kier molecular flexibility index (Phi) is 6.02. The lowest BCUT2D eigenvalue weighted by molar-refractivity contribution is 0.0611. The van der Waals surface area contributed by atoms with Crippen molar-refractivity contribution >= 4 is 21.4 Å². The fourth-order valence-electron chi connectivity index (χ4n) is 2.77. The number of ether oxygens (including phenoxy) is 1. The van der Waals surface area contributed by atoms with E-state index in [0.717, 1.165) is 24.5 Å². The third-order valence-corrected chi connectivity index (χ3v) is 5.49. The Hall–Kier alpha value is -2.36. The number of aromatic nitrogens is 2. The van der Waals surface area contributed by atoms with Gasteiger partial charge in [-0.25, -0.2) is 26.6 Å². The van der Waals surface area contributed by atoms with Gasteiger partial charge in [0.15, 0.2) is 26.5 Å². The van der Waals surface area contributed by atoms with Gasteiger partial charge in [0.05, 0.1) is 17.3 Å². The first kappa shape index (κ1) is 21.4. The van der Waals surface area contributed by atoms with Crippen LogP contribution in [0.3, 0.4) is 0 Å². The highest BCUT2D eigenvalue weighted by Gasteiger charge is 2.24. The molecule has 0 saturated carbocycles. The van der Waals surface area contributed by atoms with Crippen LogP contribution in [0.25, 0.3) is 0 Å². The molecule has 0 saturated heterocycles. The van der Waals surface area contributed by atoms with Crippen molar-refractivity contribution in [2.45, 2.75) is 24.7 Å². The van der Waals surface area contributed by atoms with Crippen LogP contribution in [0.2, 0.25) is 5.02 Å². The molecule has 1 aromatic heterocycles. The number of hydrogen-bond donors (Lipinski definition) is 1. The maximum atomic E-state index is 13.6. The van der Waals surface area contributed by atoms with Crippen molar-refractivity contribution in [3.05, 3.63) is 81.5 Å². The largest absolute Gasteiger partial charge is 0.361 e. The lowest BCUT2D eigenvalue weighted by Gasteiger charge is -2.17. The summed E-state index contributed by atoms with van der Waals surface area (Å²) in [6.45, 7) is 1.39. The van der Waals surface area contributed by atoms with Gasteiger partial charge < -0.3 is 9.72 Å². The number of aryl methyl sites for hydroxylation is 1. The predicted octanol–water partition coefficient (Wildman–Crippen LogP) is 4.50. The Morgan fingerprint density at radius 3 is 2.38 bits per heavy atom. The molecule has 0 aliphatic heterocycles. The third kappa shape index (κ3) is 4.80. The molecule has 3 aromatic rings. The molecule has 0 fully saturated rings. The summed E-state index contributed by atoms with van der Waals surface area (Å²) < 4.78 is 69.8. The maximum Gasteiger partial charge on any atom is 0.194 e. The van der Waals surface area contributed by atoms with Crippen LogP contribution in [0.1, 0.15) is 28.7 Å². The van der Waals surface area contributed by atoms with Crippen LogP contribution in [0.4, 0.5) is 13.2 Å². The average molecular weight is 445 g/mol. The summed E-state index contributed by atoms with van der Waals surface area (Å²) in [5.41, 5.74) is 1.04. The number of aromatic amines is 1. The zero-order valence-electron chi connectivity index (χ0n) is 15.3. The highest BCUT2D eigenvalue weighted by molar-refractivity contribution is 7.90. The lowest BCUT2D eigenvalue weighted by Crippen LogP contribution is -2.09. The van der Waals surface area contributed by atoms with Gasteiger partial charge >= 0.3 is 0 Å². The monoisotopic (exact) mass is 444 g/mol. The fraction of sp³-hybridized carbons (Fsp3) is 0.211. The Morgan fingerprint density at radius 1 is 1.10 bits per heavy atom. The molecule has 0 bridgehead atoms. The number of halogens is 4. The average Bonchev–Trinajstić information content (AvgIpc) is 3.03. The van der Waals surface area contributed by atoms with E-state index in [4.69, 9.17) is 16.3 Å². The Balaban J connectivity index is 1.99. The van der Waals surface area contributed by atoms with Gasteiger partial charge in [0.1, 0.15) is 17.7 Å². The first-order valence-corrected chi connectivity index (χ1v) is 10.6. The summed E-state index contributed by atoms with van der Waals surface area (Å²) >= 11 is 5.86. The molecule has 0 aliphatic carbocycles. The van der Waals surface area contributed by atoms with Crippen LogP contribution in [-0.2, 0) is 21.2 Å². The SMILES string of the molecule is Cc1[nH]c(C(OCc2ccc(F)c(F)c2)c2ccc(F)c(Cl)c2)nc1S(C)(=O)=O. The van der Waals surface area contributed by atoms with Crippen LogP contribution in [-0.4, -0.2) is 24.6 Å². The summed E-state index contributed by atoms with van der Waals surface area (Å²) in [5.74, 6) is -2.51.